The van der Waals surface area contributed by atoms with Gasteiger partial charge in [0.05, 0.1) is 12.6 Å². The van der Waals surface area contributed by atoms with Gasteiger partial charge in [0.2, 0.25) is 11.9 Å². The minimum absolute atomic E-state index is 0.0763. The Morgan fingerprint density at radius 2 is 1.52 bits per heavy atom. The summed E-state index contributed by atoms with van der Waals surface area (Å²) in [6, 6.07) is 16.5. The number of halogens is 1. The summed E-state index contributed by atoms with van der Waals surface area (Å²) in [4.78, 5) is 16.8. The van der Waals surface area contributed by atoms with Gasteiger partial charge >= 0.3 is 0 Å². The van der Waals surface area contributed by atoms with Crippen molar-refractivity contribution < 1.29 is 4.39 Å². The van der Waals surface area contributed by atoms with Gasteiger partial charge in [-0.05, 0) is 30.3 Å². The number of benzene rings is 2. The number of anilines is 2. The van der Waals surface area contributed by atoms with Gasteiger partial charge in [-0.3, -0.25) is 4.90 Å². The molecular weight excluding hydrogens is 343 g/mol. The van der Waals surface area contributed by atoms with E-state index in [1.807, 2.05) is 39.3 Å². The first kappa shape index (κ1) is 18.7. The summed E-state index contributed by atoms with van der Waals surface area (Å²) in [5.41, 5.74) is 7.92. The van der Waals surface area contributed by atoms with Gasteiger partial charge in [0, 0.05) is 14.1 Å². The van der Waals surface area contributed by atoms with Crippen molar-refractivity contribution in [3.05, 3.63) is 77.4 Å². The van der Waals surface area contributed by atoms with E-state index in [2.05, 4.69) is 32.0 Å². The van der Waals surface area contributed by atoms with E-state index < -0.39 is 0 Å². The van der Waals surface area contributed by atoms with Crippen LogP contribution >= 0.6 is 0 Å². The Balaban J connectivity index is 1.94. The standard InChI is InChI=1S/C20H23FN6/c1-26(2)20-24-17(23-19(22)25-20)13-27(3)18(14-7-5-4-6-8-14)15-9-11-16(21)12-10-15/h4-12,18H,13H2,1-3H3,(H2,22,23,24,25). The Hall–Kier alpha value is -3.06. The largest absolute Gasteiger partial charge is 0.368 e. The molecule has 0 saturated heterocycles. The molecule has 27 heavy (non-hydrogen) atoms. The predicted octanol–water partition coefficient (Wildman–Crippen LogP) is 2.88. The smallest absolute Gasteiger partial charge is 0.229 e. The molecule has 0 aliphatic rings. The molecule has 6 nitrogen and oxygen atoms in total. The van der Waals surface area contributed by atoms with E-state index in [4.69, 9.17) is 5.73 Å². The van der Waals surface area contributed by atoms with Crippen molar-refractivity contribution in [2.75, 3.05) is 31.8 Å². The van der Waals surface area contributed by atoms with E-state index in [1.54, 1.807) is 17.0 Å². The second-order valence-corrected chi connectivity index (χ2v) is 6.58. The normalized spacial score (nSPS) is 12.2. The second-order valence-electron chi connectivity index (χ2n) is 6.58. The fourth-order valence-electron chi connectivity index (χ4n) is 2.99. The Bertz CT molecular complexity index is 883. The van der Waals surface area contributed by atoms with Crippen LogP contribution in [0.5, 0.6) is 0 Å². The molecule has 1 aromatic heterocycles. The third kappa shape index (κ3) is 4.57. The Morgan fingerprint density at radius 3 is 2.15 bits per heavy atom. The maximum Gasteiger partial charge on any atom is 0.229 e. The predicted molar refractivity (Wildman–Crippen MR) is 105 cm³/mol. The van der Waals surface area contributed by atoms with E-state index in [1.165, 1.54) is 12.1 Å². The first-order chi connectivity index (χ1) is 12.9. The van der Waals surface area contributed by atoms with Crippen molar-refractivity contribution in [2.24, 2.45) is 0 Å². The van der Waals surface area contributed by atoms with Gasteiger partial charge in [0.15, 0.2) is 0 Å². The van der Waals surface area contributed by atoms with Crippen LogP contribution in [0.15, 0.2) is 54.6 Å². The summed E-state index contributed by atoms with van der Waals surface area (Å²) in [5.74, 6) is 1.03. The summed E-state index contributed by atoms with van der Waals surface area (Å²) >= 11 is 0. The molecule has 0 spiro atoms. The van der Waals surface area contributed by atoms with Crippen LogP contribution in [0.2, 0.25) is 0 Å². The first-order valence-corrected chi connectivity index (χ1v) is 8.62. The van der Waals surface area contributed by atoms with E-state index in [-0.39, 0.29) is 17.8 Å². The molecule has 0 aliphatic heterocycles. The zero-order valence-corrected chi connectivity index (χ0v) is 15.7. The van der Waals surface area contributed by atoms with E-state index in [0.717, 1.165) is 11.1 Å². The molecule has 1 unspecified atom stereocenters. The summed E-state index contributed by atoms with van der Waals surface area (Å²) in [7, 11) is 5.69. The van der Waals surface area contributed by atoms with Gasteiger partial charge in [-0.2, -0.15) is 15.0 Å². The number of nitrogen functional groups attached to an aromatic ring is 1. The van der Waals surface area contributed by atoms with Crippen molar-refractivity contribution in [1.29, 1.82) is 0 Å². The SMILES string of the molecule is CN(C)c1nc(N)nc(CN(C)C(c2ccccc2)c2ccc(F)cc2)n1. The van der Waals surface area contributed by atoms with E-state index in [0.29, 0.717) is 18.3 Å². The highest BCUT2D eigenvalue weighted by molar-refractivity contribution is 5.34. The fourth-order valence-corrected chi connectivity index (χ4v) is 2.99. The quantitative estimate of drug-likeness (QED) is 0.723. The number of nitrogens with zero attached hydrogens (tertiary/aromatic N) is 5. The average molecular weight is 366 g/mol. The lowest BCUT2D eigenvalue weighted by Crippen LogP contribution is -2.27. The molecule has 0 bridgehead atoms. The third-order valence-corrected chi connectivity index (χ3v) is 4.22. The molecule has 0 amide bonds. The molecule has 2 aromatic carbocycles. The van der Waals surface area contributed by atoms with E-state index >= 15 is 0 Å². The molecule has 0 aliphatic carbocycles. The van der Waals surface area contributed by atoms with Crippen molar-refractivity contribution in [3.8, 4) is 0 Å². The Morgan fingerprint density at radius 1 is 0.889 bits per heavy atom. The van der Waals surface area contributed by atoms with Crippen LogP contribution in [0.3, 0.4) is 0 Å². The van der Waals surface area contributed by atoms with Crippen LogP contribution in [-0.4, -0.2) is 41.0 Å². The topological polar surface area (TPSA) is 71.2 Å². The first-order valence-electron chi connectivity index (χ1n) is 8.62. The Labute approximate surface area is 158 Å². The molecule has 2 N–H and O–H groups in total. The molecule has 1 heterocycles. The van der Waals surface area contributed by atoms with Gasteiger partial charge < -0.3 is 10.6 Å². The molecule has 1 atom stereocenters. The molecule has 3 aromatic rings. The van der Waals surface area contributed by atoms with Gasteiger partial charge in [-0.25, -0.2) is 4.39 Å². The zero-order valence-electron chi connectivity index (χ0n) is 15.7. The lowest BCUT2D eigenvalue weighted by Gasteiger charge is -2.28. The maximum atomic E-state index is 13.4. The number of aromatic nitrogens is 3. The molecule has 7 heteroatoms. The van der Waals surface area contributed by atoms with Crippen molar-refractivity contribution in [1.82, 2.24) is 19.9 Å². The van der Waals surface area contributed by atoms with Gasteiger partial charge in [0.25, 0.3) is 0 Å². The van der Waals surface area contributed by atoms with Crippen LogP contribution in [-0.2, 0) is 6.54 Å². The van der Waals surface area contributed by atoms with Crippen LogP contribution in [0.1, 0.15) is 23.0 Å². The number of hydrogen-bond donors (Lipinski definition) is 1. The highest BCUT2D eigenvalue weighted by atomic mass is 19.1. The molecule has 140 valence electrons. The van der Waals surface area contributed by atoms with Gasteiger partial charge in [-0.15, -0.1) is 0 Å². The number of nitrogens with two attached hydrogens (primary N) is 1. The lowest BCUT2D eigenvalue weighted by atomic mass is 9.97. The fraction of sp³-hybridized carbons (Fsp3) is 0.250. The zero-order chi connectivity index (χ0) is 19.4. The Kier molecular flexibility index (Phi) is 5.61. The lowest BCUT2D eigenvalue weighted by molar-refractivity contribution is 0.263. The summed E-state index contributed by atoms with van der Waals surface area (Å²) in [5, 5.41) is 0. The number of hydrogen-bond acceptors (Lipinski definition) is 6. The number of rotatable bonds is 6. The van der Waals surface area contributed by atoms with Crippen LogP contribution < -0.4 is 10.6 Å². The molecule has 0 saturated carbocycles. The van der Waals surface area contributed by atoms with Crippen LogP contribution in [0.25, 0.3) is 0 Å². The van der Waals surface area contributed by atoms with Crippen LogP contribution in [0, 0.1) is 5.82 Å². The summed E-state index contributed by atoms with van der Waals surface area (Å²) < 4.78 is 13.4. The maximum absolute atomic E-state index is 13.4. The van der Waals surface area contributed by atoms with Crippen molar-refractivity contribution in [2.45, 2.75) is 12.6 Å². The monoisotopic (exact) mass is 366 g/mol. The minimum atomic E-state index is -0.255. The van der Waals surface area contributed by atoms with Crippen LogP contribution in [0.4, 0.5) is 16.3 Å². The average Bonchev–Trinajstić information content (AvgIpc) is 2.64. The second kappa shape index (κ2) is 8.09. The molecular formula is C20H23FN6. The van der Waals surface area contributed by atoms with Crippen molar-refractivity contribution in [3.63, 3.8) is 0 Å². The highest BCUT2D eigenvalue weighted by Gasteiger charge is 2.21. The third-order valence-electron chi connectivity index (χ3n) is 4.22. The summed E-state index contributed by atoms with van der Waals surface area (Å²) in [6.07, 6.45) is 0. The minimum Gasteiger partial charge on any atom is -0.368 e. The van der Waals surface area contributed by atoms with E-state index in [9.17, 15) is 4.39 Å². The molecule has 0 fully saturated rings. The highest BCUT2D eigenvalue weighted by Crippen LogP contribution is 2.28. The summed E-state index contributed by atoms with van der Waals surface area (Å²) in [6.45, 7) is 0.463. The van der Waals surface area contributed by atoms with Gasteiger partial charge in [-0.1, -0.05) is 42.5 Å². The molecule has 0 radical (unpaired) electrons. The molecule has 3 rings (SSSR count). The van der Waals surface area contributed by atoms with Crippen molar-refractivity contribution >= 4 is 11.9 Å². The van der Waals surface area contributed by atoms with Gasteiger partial charge in [0.1, 0.15) is 11.6 Å².